The van der Waals surface area contributed by atoms with Gasteiger partial charge in [0, 0.05) is 0 Å². The van der Waals surface area contributed by atoms with E-state index in [4.69, 9.17) is 17.2 Å². The Morgan fingerprint density at radius 3 is 2.50 bits per heavy atom. The normalized spacial score (nSPS) is 12.7. The smallest absolute Gasteiger partial charge is 0.370 e. The third-order valence-electron chi connectivity index (χ3n) is 2.24. The molecule has 2 rings (SSSR count). The van der Waals surface area contributed by atoms with Gasteiger partial charge in [0.05, 0.1) is 11.2 Å². The molecule has 0 aliphatic rings. The number of imidazole rings is 1. The van der Waals surface area contributed by atoms with Crippen molar-refractivity contribution in [3.8, 4) is 0 Å². The number of alkyl halides is 3. The van der Waals surface area contributed by atoms with Gasteiger partial charge in [-0.05, 0) is 12.1 Å². The molecule has 0 spiro atoms. The summed E-state index contributed by atoms with van der Waals surface area (Å²) in [6.45, 7) is 0. The number of guanidine groups is 2. The van der Waals surface area contributed by atoms with Gasteiger partial charge in [0.15, 0.2) is 5.96 Å². The number of aromatic amines is 1. The minimum absolute atomic E-state index is 0.0218. The third-order valence-corrected chi connectivity index (χ3v) is 2.24. The second-order valence-corrected chi connectivity index (χ2v) is 3.76. The molecule has 1 aromatic carbocycles. The molecule has 7 N–H and O–H groups in total. The Labute approximate surface area is 110 Å². The van der Waals surface area contributed by atoms with Crippen LogP contribution in [0, 0.1) is 0 Å². The third kappa shape index (κ3) is 2.79. The van der Waals surface area contributed by atoms with Crippen molar-refractivity contribution in [2.75, 3.05) is 0 Å². The van der Waals surface area contributed by atoms with Crippen molar-refractivity contribution >= 4 is 28.6 Å². The Morgan fingerprint density at radius 1 is 1.20 bits per heavy atom. The molecule has 2 aromatic rings. The van der Waals surface area contributed by atoms with Crippen LogP contribution in [0.2, 0.25) is 0 Å². The van der Waals surface area contributed by atoms with Gasteiger partial charge in [-0.3, -0.25) is 0 Å². The van der Waals surface area contributed by atoms with Crippen molar-refractivity contribution in [3.05, 3.63) is 24.0 Å². The van der Waals surface area contributed by atoms with Crippen molar-refractivity contribution < 1.29 is 13.2 Å². The molecular weight excluding hydrogens is 275 g/mol. The maximum Gasteiger partial charge on any atom is 0.449 e. The van der Waals surface area contributed by atoms with E-state index in [1.165, 1.54) is 18.2 Å². The number of para-hydroxylation sites is 1. The summed E-state index contributed by atoms with van der Waals surface area (Å²) in [5.74, 6) is -1.71. The number of fused-ring (bicyclic) bond motifs is 1. The van der Waals surface area contributed by atoms with Gasteiger partial charge in [-0.15, -0.1) is 0 Å². The molecule has 10 heteroatoms. The van der Waals surface area contributed by atoms with Crippen LogP contribution in [0.5, 0.6) is 0 Å². The highest BCUT2D eigenvalue weighted by Crippen LogP contribution is 2.31. The van der Waals surface area contributed by atoms with E-state index < -0.39 is 12.0 Å². The van der Waals surface area contributed by atoms with Crippen LogP contribution in [0.25, 0.3) is 11.0 Å². The van der Waals surface area contributed by atoms with Crippen molar-refractivity contribution in [1.29, 1.82) is 0 Å². The van der Waals surface area contributed by atoms with E-state index in [-0.39, 0.29) is 28.6 Å². The van der Waals surface area contributed by atoms with Gasteiger partial charge in [0.25, 0.3) is 0 Å². The molecule has 0 radical (unpaired) electrons. The first kappa shape index (κ1) is 13.6. The summed E-state index contributed by atoms with van der Waals surface area (Å²) in [6.07, 6.45) is -4.58. The molecule has 0 atom stereocenters. The van der Waals surface area contributed by atoms with Crippen LogP contribution in [-0.2, 0) is 6.18 Å². The highest BCUT2D eigenvalue weighted by atomic mass is 19.4. The molecule has 0 bridgehead atoms. The summed E-state index contributed by atoms with van der Waals surface area (Å²) in [5, 5.41) is 0. The number of rotatable bonds is 1. The standard InChI is InChI=1S/C10H10F3N7/c11-10(12,13)7-17-4-2-1-3-5(6(4)19-7)18-9(16)20-8(14)15/h1-3H,(H,17,19)(H6,14,15,16,18,20). The zero-order chi connectivity index (χ0) is 14.9. The number of aliphatic imine (C=N–C) groups is 2. The van der Waals surface area contributed by atoms with Gasteiger partial charge in [-0.1, -0.05) is 6.07 Å². The van der Waals surface area contributed by atoms with Gasteiger partial charge in [-0.2, -0.15) is 18.2 Å². The van der Waals surface area contributed by atoms with Crippen LogP contribution < -0.4 is 17.2 Å². The first-order valence-corrected chi connectivity index (χ1v) is 5.27. The van der Waals surface area contributed by atoms with Crippen LogP contribution in [-0.4, -0.2) is 21.9 Å². The summed E-state index contributed by atoms with van der Waals surface area (Å²) in [5.41, 5.74) is 16.0. The number of aromatic nitrogens is 2. The lowest BCUT2D eigenvalue weighted by Gasteiger charge is -1.99. The molecule has 106 valence electrons. The molecule has 1 aromatic heterocycles. The molecule has 0 saturated carbocycles. The van der Waals surface area contributed by atoms with Crippen LogP contribution >= 0.6 is 0 Å². The zero-order valence-corrected chi connectivity index (χ0v) is 9.94. The van der Waals surface area contributed by atoms with E-state index >= 15 is 0 Å². The number of H-pyrrole nitrogens is 1. The van der Waals surface area contributed by atoms with E-state index in [0.29, 0.717) is 0 Å². The molecule has 7 nitrogen and oxygen atoms in total. The lowest BCUT2D eigenvalue weighted by Crippen LogP contribution is -2.26. The highest BCUT2D eigenvalue weighted by molar-refractivity contribution is 5.96. The highest BCUT2D eigenvalue weighted by Gasteiger charge is 2.35. The molecule has 20 heavy (non-hydrogen) atoms. The fraction of sp³-hybridized carbons (Fsp3) is 0.100. The van der Waals surface area contributed by atoms with E-state index in [1.54, 1.807) is 0 Å². The largest absolute Gasteiger partial charge is 0.449 e. The van der Waals surface area contributed by atoms with Gasteiger partial charge >= 0.3 is 6.18 Å². The Kier molecular flexibility index (Phi) is 3.22. The quantitative estimate of drug-likeness (QED) is 0.455. The molecule has 0 amide bonds. The lowest BCUT2D eigenvalue weighted by molar-refractivity contribution is -0.144. The second-order valence-electron chi connectivity index (χ2n) is 3.76. The number of benzene rings is 1. The van der Waals surface area contributed by atoms with E-state index in [1.807, 2.05) is 0 Å². The fourth-order valence-electron chi connectivity index (χ4n) is 1.52. The minimum Gasteiger partial charge on any atom is -0.370 e. The van der Waals surface area contributed by atoms with Crippen LogP contribution in [0.15, 0.2) is 28.2 Å². The average molecular weight is 285 g/mol. The number of hydrogen-bond acceptors (Lipinski definition) is 2. The average Bonchev–Trinajstić information content (AvgIpc) is 2.72. The predicted octanol–water partition coefficient (Wildman–Crippen LogP) is 0.801. The second kappa shape index (κ2) is 4.72. The number of hydrogen-bond donors (Lipinski definition) is 4. The Bertz CT molecular complexity index is 694. The Hall–Kier alpha value is -2.78. The van der Waals surface area contributed by atoms with Crippen LogP contribution in [0.4, 0.5) is 18.9 Å². The summed E-state index contributed by atoms with van der Waals surface area (Å²) in [7, 11) is 0. The molecule has 0 saturated heterocycles. The lowest BCUT2D eigenvalue weighted by atomic mass is 10.3. The van der Waals surface area contributed by atoms with Crippen molar-refractivity contribution in [1.82, 2.24) is 9.97 Å². The summed E-state index contributed by atoms with van der Waals surface area (Å²) >= 11 is 0. The van der Waals surface area contributed by atoms with Gasteiger partial charge in [0.1, 0.15) is 5.52 Å². The van der Waals surface area contributed by atoms with Crippen molar-refractivity contribution in [3.63, 3.8) is 0 Å². The molecule has 0 unspecified atom stereocenters. The molecular formula is C10H10F3N7. The van der Waals surface area contributed by atoms with Gasteiger partial charge in [0.2, 0.25) is 11.8 Å². The number of halogens is 3. The maximum absolute atomic E-state index is 12.6. The monoisotopic (exact) mass is 285 g/mol. The summed E-state index contributed by atoms with van der Waals surface area (Å²) in [4.78, 5) is 12.9. The predicted molar refractivity (Wildman–Crippen MR) is 68.2 cm³/mol. The topological polar surface area (TPSA) is 131 Å². The van der Waals surface area contributed by atoms with Crippen molar-refractivity contribution in [2.45, 2.75) is 6.18 Å². The van der Waals surface area contributed by atoms with Crippen molar-refractivity contribution in [2.24, 2.45) is 27.2 Å². The molecule has 0 aliphatic heterocycles. The van der Waals surface area contributed by atoms with Crippen LogP contribution in [0.3, 0.4) is 0 Å². The minimum atomic E-state index is -4.58. The first-order valence-electron chi connectivity index (χ1n) is 5.27. The molecule has 0 fully saturated rings. The maximum atomic E-state index is 12.6. The van der Waals surface area contributed by atoms with E-state index in [2.05, 4.69) is 20.0 Å². The van der Waals surface area contributed by atoms with Gasteiger partial charge in [-0.25, -0.2) is 9.98 Å². The first-order chi connectivity index (χ1) is 9.27. The van der Waals surface area contributed by atoms with E-state index in [9.17, 15) is 13.2 Å². The fourth-order valence-corrected chi connectivity index (χ4v) is 1.52. The summed E-state index contributed by atoms with van der Waals surface area (Å²) in [6, 6.07) is 4.38. The number of nitrogens with zero attached hydrogens (tertiary/aromatic N) is 3. The SMILES string of the molecule is NC(N)=NC(N)=Nc1cccc2[nH]c(C(F)(F)F)nc12. The molecule has 0 aliphatic carbocycles. The molecule has 1 heterocycles. The number of nitrogens with one attached hydrogen (secondary N) is 1. The zero-order valence-electron chi connectivity index (χ0n) is 9.94. The number of nitrogens with two attached hydrogens (primary N) is 3. The van der Waals surface area contributed by atoms with E-state index in [0.717, 1.165) is 0 Å². The summed E-state index contributed by atoms with van der Waals surface area (Å²) < 4.78 is 37.7. The van der Waals surface area contributed by atoms with Crippen LogP contribution in [0.1, 0.15) is 5.82 Å². The van der Waals surface area contributed by atoms with Gasteiger partial charge < -0.3 is 22.2 Å². The Balaban J connectivity index is 2.55. The Morgan fingerprint density at radius 2 is 1.90 bits per heavy atom.